The number of anilines is 2. The largest absolute Gasteiger partial charge is 0.497 e. The average Bonchev–Trinajstić information content (AvgIpc) is 3.40. The third kappa shape index (κ3) is 5.65. The second-order valence-electron chi connectivity index (χ2n) is 7.71. The first-order valence-electron chi connectivity index (χ1n) is 10.9. The molecule has 0 aliphatic carbocycles. The zero-order valence-electron chi connectivity index (χ0n) is 19.0. The molecule has 0 radical (unpaired) electrons. The summed E-state index contributed by atoms with van der Waals surface area (Å²) in [5, 5.41) is 6.31. The highest BCUT2D eigenvalue weighted by molar-refractivity contribution is 6.02. The summed E-state index contributed by atoms with van der Waals surface area (Å²) in [5.74, 6) is 1.75. The van der Waals surface area contributed by atoms with Gasteiger partial charge in [0.05, 0.1) is 13.4 Å². The van der Waals surface area contributed by atoms with E-state index >= 15 is 0 Å². The van der Waals surface area contributed by atoms with Gasteiger partial charge < -0.3 is 29.6 Å². The molecule has 1 amide bonds. The third-order valence-electron chi connectivity index (χ3n) is 5.59. The predicted octanol–water partition coefficient (Wildman–Crippen LogP) is 3.44. The first-order valence-corrected chi connectivity index (χ1v) is 10.9. The maximum Gasteiger partial charge on any atom is 0.291 e. The second-order valence-corrected chi connectivity index (χ2v) is 7.71. The number of benzene rings is 2. The van der Waals surface area contributed by atoms with Crippen molar-refractivity contribution in [2.75, 3.05) is 50.6 Å². The summed E-state index contributed by atoms with van der Waals surface area (Å²) in [4.78, 5) is 21.3. The molecule has 0 unspecified atom stereocenters. The van der Waals surface area contributed by atoms with E-state index in [4.69, 9.17) is 9.15 Å². The number of hydrogen-bond acceptors (Lipinski definition) is 5. The van der Waals surface area contributed by atoms with E-state index in [1.807, 2.05) is 36.4 Å². The van der Waals surface area contributed by atoms with Crippen molar-refractivity contribution in [3.8, 4) is 5.75 Å². The number of carbonyl (C=O) groups is 1. The number of amides is 1. The van der Waals surface area contributed by atoms with Crippen LogP contribution >= 0.6 is 0 Å². The summed E-state index contributed by atoms with van der Waals surface area (Å²) >= 11 is 0. The number of nitrogens with one attached hydrogen (secondary N) is 2. The van der Waals surface area contributed by atoms with E-state index in [0.29, 0.717) is 6.54 Å². The summed E-state index contributed by atoms with van der Waals surface area (Å²) in [5.41, 5.74) is 2.94. The summed E-state index contributed by atoms with van der Waals surface area (Å²) in [6, 6.07) is 19.2. The van der Waals surface area contributed by atoms with Gasteiger partial charge in [-0.1, -0.05) is 18.2 Å². The number of guanidine groups is 1. The van der Waals surface area contributed by atoms with Crippen LogP contribution in [0.1, 0.15) is 16.1 Å². The first-order chi connectivity index (χ1) is 16.2. The summed E-state index contributed by atoms with van der Waals surface area (Å²) in [6.45, 7) is 4.16. The van der Waals surface area contributed by atoms with Crippen LogP contribution in [-0.2, 0) is 6.54 Å². The van der Waals surface area contributed by atoms with Crippen molar-refractivity contribution in [3.63, 3.8) is 0 Å². The van der Waals surface area contributed by atoms with Gasteiger partial charge in [0.1, 0.15) is 5.75 Å². The van der Waals surface area contributed by atoms with E-state index in [2.05, 4.69) is 37.6 Å². The fourth-order valence-electron chi connectivity index (χ4n) is 3.86. The Labute approximate surface area is 193 Å². The number of piperazine rings is 1. The minimum Gasteiger partial charge on any atom is -0.497 e. The molecule has 2 aromatic carbocycles. The molecule has 2 N–H and O–H groups in total. The van der Waals surface area contributed by atoms with Crippen LogP contribution in [-0.4, -0.2) is 57.1 Å². The Hall–Kier alpha value is -3.94. The van der Waals surface area contributed by atoms with Crippen molar-refractivity contribution in [1.82, 2.24) is 10.2 Å². The molecule has 0 spiro atoms. The standard InChI is InChI=1S/C25H29N5O3/c1-26-25(30-13-11-29(12-14-30)21-8-4-9-22(17-21)32-2)27-18-19-6-3-7-20(16-19)28-24(31)23-10-5-15-33-23/h3-10,15-17H,11-14,18H2,1-2H3,(H,26,27)(H,28,31). The molecule has 3 aromatic rings. The summed E-state index contributed by atoms with van der Waals surface area (Å²) in [6.07, 6.45) is 1.48. The average molecular weight is 448 g/mol. The number of carbonyl (C=O) groups excluding carboxylic acids is 1. The molecule has 1 fully saturated rings. The molecule has 2 heterocycles. The lowest BCUT2D eigenvalue weighted by Gasteiger charge is -2.37. The smallest absolute Gasteiger partial charge is 0.291 e. The third-order valence-corrected chi connectivity index (χ3v) is 5.59. The predicted molar refractivity (Wildman–Crippen MR) is 130 cm³/mol. The Morgan fingerprint density at radius 1 is 1.06 bits per heavy atom. The van der Waals surface area contributed by atoms with Crippen LogP contribution in [0.2, 0.25) is 0 Å². The van der Waals surface area contributed by atoms with Crippen LogP contribution in [0.15, 0.2) is 76.3 Å². The first kappa shape index (κ1) is 22.3. The van der Waals surface area contributed by atoms with Gasteiger partial charge in [-0.3, -0.25) is 9.79 Å². The van der Waals surface area contributed by atoms with Crippen molar-refractivity contribution in [3.05, 3.63) is 78.3 Å². The van der Waals surface area contributed by atoms with Gasteiger partial charge in [0.25, 0.3) is 5.91 Å². The van der Waals surface area contributed by atoms with Crippen molar-refractivity contribution in [2.45, 2.75) is 6.54 Å². The molecule has 1 aromatic heterocycles. The van der Waals surface area contributed by atoms with E-state index < -0.39 is 0 Å². The van der Waals surface area contributed by atoms with Gasteiger partial charge in [0, 0.05) is 57.2 Å². The fraction of sp³-hybridized carbons (Fsp3) is 0.280. The minimum atomic E-state index is -0.269. The van der Waals surface area contributed by atoms with Gasteiger partial charge >= 0.3 is 0 Å². The van der Waals surface area contributed by atoms with Gasteiger partial charge in [0.15, 0.2) is 11.7 Å². The SMILES string of the molecule is CN=C(NCc1cccc(NC(=O)c2ccco2)c1)N1CCN(c2cccc(OC)c2)CC1. The summed E-state index contributed by atoms with van der Waals surface area (Å²) < 4.78 is 10.5. The van der Waals surface area contributed by atoms with Crippen molar-refractivity contribution in [2.24, 2.45) is 4.99 Å². The number of ether oxygens (including phenoxy) is 1. The molecule has 0 bridgehead atoms. The van der Waals surface area contributed by atoms with Crippen molar-refractivity contribution in [1.29, 1.82) is 0 Å². The van der Waals surface area contributed by atoms with E-state index in [1.165, 1.54) is 12.0 Å². The van der Waals surface area contributed by atoms with Gasteiger partial charge in [0.2, 0.25) is 0 Å². The quantitative estimate of drug-likeness (QED) is 0.445. The van der Waals surface area contributed by atoms with E-state index in [1.54, 1.807) is 26.3 Å². The molecular weight excluding hydrogens is 418 g/mol. The number of hydrogen-bond donors (Lipinski definition) is 2. The molecule has 4 rings (SSSR count). The zero-order valence-corrected chi connectivity index (χ0v) is 19.0. The fourth-order valence-corrected chi connectivity index (χ4v) is 3.86. The van der Waals surface area contributed by atoms with Crippen molar-refractivity contribution >= 4 is 23.2 Å². The number of furan rings is 1. The molecule has 8 heteroatoms. The van der Waals surface area contributed by atoms with Crippen molar-refractivity contribution < 1.29 is 13.9 Å². The number of aliphatic imine (C=N–C) groups is 1. The molecule has 172 valence electrons. The highest BCUT2D eigenvalue weighted by Gasteiger charge is 2.20. The lowest BCUT2D eigenvalue weighted by Crippen LogP contribution is -2.52. The monoisotopic (exact) mass is 447 g/mol. The lowest BCUT2D eigenvalue weighted by molar-refractivity contribution is 0.0996. The Morgan fingerprint density at radius 3 is 2.61 bits per heavy atom. The molecule has 1 saturated heterocycles. The van der Waals surface area contributed by atoms with Crippen LogP contribution < -0.4 is 20.3 Å². The van der Waals surface area contributed by atoms with Gasteiger partial charge in [-0.2, -0.15) is 0 Å². The Kier molecular flexibility index (Phi) is 7.14. The van der Waals surface area contributed by atoms with E-state index in [9.17, 15) is 4.79 Å². The maximum absolute atomic E-state index is 12.2. The highest BCUT2D eigenvalue weighted by atomic mass is 16.5. The second kappa shape index (κ2) is 10.6. The topological polar surface area (TPSA) is 82.3 Å². The van der Waals surface area contributed by atoms with Gasteiger partial charge in [-0.05, 0) is 42.0 Å². The lowest BCUT2D eigenvalue weighted by atomic mass is 10.2. The van der Waals surface area contributed by atoms with Gasteiger partial charge in [-0.25, -0.2) is 0 Å². The number of rotatable bonds is 6. The maximum atomic E-state index is 12.2. The molecule has 0 atom stereocenters. The van der Waals surface area contributed by atoms with Crippen LogP contribution in [0.5, 0.6) is 5.75 Å². The molecule has 0 saturated carbocycles. The number of methoxy groups -OCH3 is 1. The minimum absolute atomic E-state index is 0.269. The number of nitrogens with zero attached hydrogens (tertiary/aromatic N) is 3. The van der Waals surface area contributed by atoms with Crippen LogP contribution in [0.25, 0.3) is 0 Å². The van der Waals surface area contributed by atoms with Crippen LogP contribution in [0, 0.1) is 0 Å². The molecule has 1 aliphatic heterocycles. The molecule has 8 nitrogen and oxygen atoms in total. The van der Waals surface area contributed by atoms with E-state index in [0.717, 1.165) is 49.1 Å². The molecule has 33 heavy (non-hydrogen) atoms. The van der Waals surface area contributed by atoms with E-state index in [-0.39, 0.29) is 11.7 Å². The highest BCUT2D eigenvalue weighted by Crippen LogP contribution is 2.22. The molecule has 1 aliphatic rings. The van der Waals surface area contributed by atoms with Crippen LogP contribution in [0.3, 0.4) is 0 Å². The Bertz CT molecular complexity index is 1090. The Morgan fingerprint density at radius 2 is 1.88 bits per heavy atom. The summed E-state index contributed by atoms with van der Waals surface area (Å²) in [7, 11) is 3.49. The van der Waals surface area contributed by atoms with Crippen LogP contribution in [0.4, 0.5) is 11.4 Å². The normalized spacial score (nSPS) is 14.2. The Balaban J connectivity index is 1.30. The molecular formula is C25H29N5O3. The van der Waals surface area contributed by atoms with Gasteiger partial charge in [-0.15, -0.1) is 0 Å². The zero-order chi connectivity index (χ0) is 23.0.